The molecule has 1 amide bonds. The van der Waals surface area contributed by atoms with Crippen molar-refractivity contribution < 1.29 is 23.6 Å². The Balaban J connectivity index is 1.59. The molecule has 0 radical (unpaired) electrons. The van der Waals surface area contributed by atoms with Crippen LogP contribution in [0.5, 0.6) is 0 Å². The van der Waals surface area contributed by atoms with E-state index in [0.717, 1.165) is 0 Å². The van der Waals surface area contributed by atoms with Crippen molar-refractivity contribution in [3.05, 3.63) is 40.4 Å². The number of rotatable bonds is 3. The van der Waals surface area contributed by atoms with Gasteiger partial charge < -0.3 is 14.5 Å². The van der Waals surface area contributed by atoms with Crippen molar-refractivity contribution >= 4 is 23.5 Å². The number of aromatic nitrogens is 1. The number of halogens is 2. The number of aliphatic carboxylic acids is 1. The number of hydrogen-bond acceptors (Lipinski definition) is 4. The molecular formula is C19H18ClFN2O4. The maximum atomic E-state index is 14.3. The van der Waals surface area contributed by atoms with E-state index in [1.807, 2.05) is 0 Å². The number of carboxylic acids is 1. The molecule has 1 N–H and O–H groups in total. The fourth-order valence-electron chi connectivity index (χ4n) is 4.08. The van der Waals surface area contributed by atoms with Crippen LogP contribution in [0, 0.1) is 24.1 Å². The molecule has 142 valence electrons. The molecule has 8 heteroatoms. The van der Waals surface area contributed by atoms with Crippen LogP contribution in [0.3, 0.4) is 0 Å². The average Bonchev–Trinajstić information content (AvgIpc) is 3.20. The molecule has 1 aliphatic carbocycles. The molecule has 1 atom stereocenters. The molecule has 2 aliphatic rings. The molecule has 1 unspecified atom stereocenters. The average molecular weight is 393 g/mol. The van der Waals surface area contributed by atoms with Crippen molar-refractivity contribution in [3.8, 4) is 11.3 Å². The number of amides is 1. The Morgan fingerprint density at radius 1 is 1.37 bits per heavy atom. The highest BCUT2D eigenvalue weighted by atomic mass is 35.5. The minimum absolute atomic E-state index is 0.0426. The highest BCUT2D eigenvalue weighted by Gasteiger charge is 2.59. The molecule has 2 heterocycles. The van der Waals surface area contributed by atoms with Crippen molar-refractivity contribution in [3.63, 3.8) is 0 Å². The molecule has 1 aliphatic heterocycles. The summed E-state index contributed by atoms with van der Waals surface area (Å²) in [5, 5.41) is 13.2. The van der Waals surface area contributed by atoms with E-state index in [2.05, 4.69) is 5.16 Å². The van der Waals surface area contributed by atoms with Crippen LogP contribution in [-0.4, -0.2) is 40.1 Å². The Kier molecular flexibility index (Phi) is 4.22. The molecule has 4 rings (SSSR count). The lowest BCUT2D eigenvalue weighted by molar-refractivity contribution is -0.139. The summed E-state index contributed by atoms with van der Waals surface area (Å²) in [4.78, 5) is 25.9. The lowest BCUT2D eigenvalue weighted by Gasteiger charge is -2.32. The van der Waals surface area contributed by atoms with Gasteiger partial charge in [0.1, 0.15) is 22.8 Å². The largest absolute Gasteiger partial charge is 0.481 e. The van der Waals surface area contributed by atoms with E-state index in [4.69, 9.17) is 16.1 Å². The van der Waals surface area contributed by atoms with Crippen molar-refractivity contribution in [1.82, 2.24) is 10.1 Å². The first-order valence-electron chi connectivity index (χ1n) is 8.77. The summed E-state index contributed by atoms with van der Waals surface area (Å²) in [6.45, 7) is 2.51. The number of carbonyl (C=O) groups excluding carboxylic acids is 1. The van der Waals surface area contributed by atoms with Crippen LogP contribution >= 0.6 is 11.6 Å². The summed E-state index contributed by atoms with van der Waals surface area (Å²) in [6.07, 6.45) is 1.97. The molecule has 6 nitrogen and oxygen atoms in total. The van der Waals surface area contributed by atoms with E-state index in [0.29, 0.717) is 38.1 Å². The molecule has 1 aromatic carbocycles. The van der Waals surface area contributed by atoms with E-state index in [9.17, 15) is 19.1 Å². The first-order valence-corrected chi connectivity index (χ1v) is 9.14. The third-order valence-electron chi connectivity index (χ3n) is 5.81. The van der Waals surface area contributed by atoms with Gasteiger partial charge in [0, 0.05) is 13.1 Å². The standard InChI is InChI=1S/C19H18ClFN2O4/c1-10-14(16(22-27-10)15-12(20)3-2-4-13(15)21)17(24)23-7-5-19(6-8-23)9-11(19)18(25)26/h2-4,11H,5-9H2,1H3,(H,25,26). The van der Waals surface area contributed by atoms with Crippen LogP contribution in [0.25, 0.3) is 11.3 Å². The van der Waals surface area contributed by atoms with Crippen LogP contribution in [-0.2, 0) is 4.79 Å². The summed E-state index contributed by atoms with van der Waals surface area (Å²) in [5.41, 5.74) is 0.157. The zero-order valence-electron chi connectivity index (χ0n) is 14.7. The van der Waals surface area contributed by atoms with E-state index in [-0.39, 0.29) is 39.1 Å². The van der Waals surface area contributed by atoms with Gasteiger partial charge in [-0.15, -0.1) is 0 Å². The Morgan fingerprint density at radius 2 is 2.07 bits per heavy atom. The van der Waals surface area contributed by atoms with E-state index < -0.39 is 11.8 Å². The fourth-order valence-corrected chi connectivity index (χ4v) is 4.33. The number of likely N-dealkylation sites (tertiary alicyclic amines) is 1. The van der Waals surface area contributed by atoms with Crippen LogP contribution in [0.2, 0.25) is 5.02 Å². The minimum Gasteiger partial charge on any atom is -0.481 e. The first kappa shape index (κ1) is 18.0. The molecule has 2 aromatic rings. The van der Waals surface area contributed by atoms with Crippen molar-refractivity contribution in [2.24, 2.45) is 11.3 Å². The van der Waals surface area contributed by atoms with Crippen molar-refractivity contribution in [2.45, 2.75) is 26.2 Å². The molecular weight excluding hydrogens is 375 g/mol. The second-order valence-electron chi connectivity index (χ2n) is 7.31. The summed E-state index contributed by atoms with van der Waals surface area (Å²) < 4.78 is 19.5. The molecule has 1 aromatic heterocycles. The topological polar surface area (TPSA) is 83.6 Å². The SMILES string of the molecule is Cc1onc(-c2c(F)cccc2Cl)c1C(=O)N1CCC2(CC1)CC2C(=O)O. The second kappa shape index (κ2) is 6.34. The first-order chi connectivity index (χ1) is 12.8. The maximum Gasteiger partial charge on any atom is 0.307 e. The third-order valence-corrected chi connectivity index (χ3v) is 6.13. The monoisotopic (exact) mass is 392 g/mol. The highest BCUT2D eigenvalue weighted by molar-refractivity contribution is 6.33. The van der Waals surface area contributed by atoms with Gasteiger partial charge in [-0.1, -0.05) is 22.8 Å². The number of carbonyl (C=O) groups is 2. The summed E-state index contributed by atoms with van der Waals surface area (Å²) in [6, 6.07) is 4.26. The smallest absolute Gasteiger partial charge is 0.307 e. The van der Waals surface area contributed by atoms with Gasteiger partial charge in [0.2, 0.25) is 0 Å². The Bertz CT molecular complexity index is 914. The zero-order valence-corrected chi connectivity index (χ0v) is 15.4. The minimum atomic E-state index is -0.763. The predicted molar refractivity (Wildman–Crippen MR) is 95.0 cm³/mol. The quantitative estimate of drug-likeness (QED) is 0.859. The number of carboxylic acid groups (broad SMARTS) is 1. The van der Waals surface area contributed by atoms with Gasteiger partial charge in [-0.25, -0.2) is 4.39 Å². The van der Waals surface area contributed by atoms with Gasteiger partial charge in [-0.3, -0.25) is 9.59 Å². The number of hydrogen-bond donors (Lipinski definition) is 1. The summed E-state index contributed by atoms with van der Waals surface area (Å²) in [5.74, 6) is -1.65. The number of piperidine rings is 1. The van der Waals surface area contributed by atoms with E-state index >= 15 is 0 Å². The number of aryl methyl sites for hydroxylation is 1. The Labute approximate surface area is 159 Å². The second-order valence-corrected chi connectivity index (χ2v) is 7.72. The molecule has 27 heavy (non-hydrogen) atoms. The molecule has 2 fully saturated rings. The highest BCUT2D eigenvalue weighted by Crippen LogP contribution is 2.59. The van der Waals surface area contributed by atoms with Gasteiger partial charge in [0.15, 0.2) is 0 Å². The van der Waals surface area contributed by atoms with Crippen molar-refractivity contribution in [1.29, 1.82) is 0 Å². The van der Waals surface area contributed by atoms with Crippen LogP contribution in [0.4, 0.5) is 4.39 Å². The van der Waals surface area contributed by atoms with Crippen LogP contribution in [0.15, 0.2) is 22.7 Å². The molecule has 1 saturated carbocycles. The van der Waals surface area contributed by atoms with Gasteiger partial charge in [-0.05, 0) is 43.7 Å². The molecule has 0 bridgehead atoms. The van der Waals surface area contributed by atoms with Gasteiger partial charge >= 0.3 is 5.97 Å². The summed E-state index contributed by atoms with van der Waals surface area (Å²) >= 11 is 6.12. The Hall–Kier alpha value is -2.41. The van der Waals surface area contributed by atoms with Crippen LogP contribution in [0.1, 0.15) is 35.4 Å². The lowest BCUT2D eigenvalue weighted by atomic mass is 9.90. The van der Waals surface area contributed by atoms with Gasteiger partial charge in [-0.2, -0.15) is 0 Å². The molecule has 1 spiro atoms. The van der Waals surface area contributed by atoms with Crippen LogP contribution < -0.4 is 0 Å². The van der Waals surface area contributed by atoms with E-state index in [1.165, 1.54) is 18.2 Å². The zero-order chi connectivity index (χ0) is 19.3. The Morgan fingerprint density at radius 3 is 2.67 bits per heavy atom. The fraction of sp³-hybridized carbons (Fsp3) is 0.421. The third kappa shape index (κ3) is 2.90. The molecule has 1 saturated heterocycles. The number of benzene rings is 1. The lowest BCUT2D eigenvalue weighted by Crippen LogP contribution is -2.40. The number of nitrogens with zero attached hydrogens (tertiary/aromatic N) is 2. The van der Waals surface area contributed by atoms with Crippen molar-refractivity contribution in [2.75, 3.05) is 13.1 Å². The van der Waals surface area contributed by atoms with Gasteiger partial charge in [0.25, 0.3) is 5.91 Å². The summed E-state index contributed by atoms with van der Waals surface area (Å²) in [7, 11) is 0. The van der Waals surface area contributed by atoms with E-state index in [1.54, 1.807) is 11.8 Å². The maximum absolute atomic E-state index is 14.3. The van der Waals surface area contributed by atoms with Gasteiger partial charge in [0.05, 0.1) is 16.5 Å². The predicted octanol–water partition coefficient (Wildman–Crippen LogP) is 3.77. The normalized spacial score (nSPS) is 20.7.